The van der Waals surface area contributed by atoms with Gasteiger partial charge in [0.05, 0.1) is 5.52 Å². The number of aryl methyl sites for hydroxylation is 3. The largest absolute Gasteiger partial charge is 0.347 e. The summed E-state index contributed by atoms with van der Waals surface area (Å²) in [6.45, 7) is 0. The normalized spacial score (nSPS) is 16.7. The van der Waals surface area contributed by atoms with Gasteiger partial charge in [-0.3, -0.25) is 0 Å². The molecule has 1 heterocycles. The van der Waals surface area contributed by atoms with Crippen molar-refractivity contribution in [2.75, 3.05) is 0 Å². The van der Waals surface area contributed by atoms with Crippen LogP contribution >= 0.6 is 0 Å². The molecule has 1 nitrogen and oxygen atoms in total. The van der Waals surface area contributed by atoms with Crippen LogP contribution in [0.15, 0.2) is 42.5 Å². The van der Waals surface area contributed by atoms with Gasteiger partial charge < -0.3 is 4.57 Å². The first kappa shape index (κ1) is 16.0. The van der Waals surface area contributed by atoms with E-state index < -0.39 is 0 Å². The van der Waals surface area contributed by atoms with E-state index >= 15 is 0 Å². The fourth-order valence-electron chi connectivity index (χ4n) is 6.48. The van der Waals surface area contributed by atoms with Gasteiger partial charge in [-0.15, -0.1) is 0 Å². The maximum absolute atomic E-state index is 2.57. The molecule has 3 aromatic carbocycles. The predicted octanol–water partition coefficient (Wildman–Crippen LogP) is 6.74. The van der Waals surface area contributed by atoms with Gasteiger partial charge >= 0.3 is 0 Å². The molecule has 0 N–H and O–H groups in total. The van der Waals surface area contributed by atoms with Crippen LogP contribution in [0.2, 0.25) is 0 Å². The lowest BCUT2D eigenvalue weighted by atomic mass is 9.84. The van der Waals surface area contributed by atoms with Crippen molar-refractivity contribution in [3.8, 4) is 11.1 Å². The van der Waals surface area contributed by atoms with E-state index in [2.05, 4.69) is 60.2 Å². The molecule has 0 bridgehead atoms. The highest BCUT2D eigenvalue weighted by Gasteiger charge is 2.29. The molecule has 0 amide bonds. The molecule has 0 atom stereocenters. The van der Waals surface area contributed by atoms with E-state index in [-0.39, 0.29) is 0 Å². The van der Waals surface area contributed by atoms with Crippen molar-refractivity contribution in [3.05, 3.63) is 76.0 Å². The van der Waals surface area contributed by atoms with E-state index in [1.165, 1.54) is 71.7 Å². The Labute approximate surface area is 171 Å². The molecule has 0 saturated carbocycles. The van der Waals surface area contributed by atoms with Crippen molar-refractivity contribution in [1.29, 1.82) is 0 Å². The van der Waals surface area contributed by atoms with Gasteiger partial charge in [-0.25, -0.2) is 0 Å². The molecule has 0 fully saturated rings. The standard InChI is InChI=1S/C28H25N/c1-29-25-13-7-6-12-23(25)27-26-21(19-10-4-5-11-22(19)28(27)29)15-14-20-18-9-3-2-8-17(18)16-24(20)26/h2-4,8-10,14-15H,5-7,11-13,16H2,1H3. The fraction of sp³-hybridized carbons (Fsp3) is 0.286. The minimum atomic E-state index is 1.07. The lowest BCUT2D eigenvalue weighted by molar-refractivity contribution is 0.653. The number of nitrogens with zero attached hydrogens (tertiary/aromatic N) is 1. The second kappa shape index (κ2) is 5.63. The van der Waals surface area contributed by atoms with Crippen LogP contribution in [0.25, 0.3) is 38.9 Å². The van der Waals surface area contributed by atoms with Crippen LogP contribution in [0.3, 0.4) is 0 Å². The Balaban J connectivity index is 1.72. The summed E-state index contributed by atoms with van der Waals surface area (Å²) in [5, 5.41) is 4.63. The number of aromatic nitrogens is 1. The molecule has 3 aliphatic carbocycles. The van der Waals surface area contributed by atoms with Gasteiger partial charge in [0.1, 0.15) is 0 Å². The van der Waals surface area contributed by atoms with Crippen molar-refractivity contribution in [2.24, 2.45) is 7.05 Å². The molecular weight excluding hydrogens is 350 g/mol. The zero-order chi connectivity index (χ0) is 19.1. The van der Waals surface area contributed by atoms with Gasteiger partial charge in [0, 0.05) is 18.1 Å². The summed E-state index contributed by atoms with van der Waals surface area (Å²) in [4.78, 5) is 0. The molecule has 7 rings (SSSR count). The van der Waals surface area contributed by atoms with Crippen LogP contribution in [0.4, 0.5) is 0 Å². The van der Waals surface area contributed by atoms with E-state index in [1.807, 2.05) is 0 Å². The second-order valence-electron chi connectivity index (χ2n) is 9.10. The Bertz CT molecular complexity index is 1380. The van der Waals surface area contributed by atoms with Gasteiger partial charge in [0.25, 0.3) is 0 Å². The number of fused-ring (bicyclic) bond motifs is 12. The molecule has 0 saturated heterocycles. The minimum absolute atomic E-state index is 1.07. The fourth-order valence-corrected chi connectivity index (χ4v) is 6.48. The quantitative estimate of drug-likeness (QED) is 0.282. The molecule has 4 aromatic rings. The van der Waals surface area contributed by atoms with Crippen molar-refractivity contribution >= 4 is 27.8 Å². The van der Waals surface area contributed by atoms with E-state index in [0.717, 1.165) is 6.42 Å². The van der Waals surface area contributed by atoms with Crippen LogP contribution in [0.5, 0.6) is 0 Å². The highest BCUT2D eigenvalue weighted by Crippen LogP contribution is 2.48. The third-order valence-electron chi connectivity index (χ3n) is 7.70. The summed E-state index contributed by atoms with van der Waals surface area (Å²) in [5.41, 5.74) is 13.8. The molecule has 0 aliphatic heterocycles. The molecule has 0 spiro atoms. The number of benzene rings is 3. The van der Waals surface area contributed by atoms with Crippen molar-refractivity contribution in [3.63, 3.8) is 0 Å². The van der Waals surface area contributed by atoms with Crippen LogP contribution in [-0.2, 0) is 32.7 Å². The molecular formula is C28H25N. The van der Waals surface area contributed by atoms with Crippen LogP contribution in [-0.4, -0.2) is 4.57 Å². The van der Waals surface area contributed by atoms with E-state index in [9.17, 15) is 0 Å². The number of rotatable bonds is 0. The Morgan fingerprint density at radius 1 is 0.793 bits per heavy atom. The molecule has 142 valence electrons. The topological polar surface area (TPSA) is 4.93 Å². The summed E-state index contributed by atoms with van der Waals surface area (Å²) in [6, 6.07) is 13.8. The van der Waals surface area contributed by atoms with Gasteiger partial charge in [-0.1, -0.05) is 48.6 Å². The third kappa shape index (κ3) is 1.96. The molecule has 0 radical (unpaired) electrons. The predicted molar refractivity (Wildman–Crippen MR) is 123 cm³/mol. The Hall–Kier alpha value is -2.80. The highest BCUT2D eigenvalue weighted by molar-refractivity contribution is 6.17. The highest BCUT2D eigenvalue weighted by atomic mass is 15.0. The number of hydrogen-bond donors (Lipinski definition) is 0. The summed E-state index contributed by atoms with van der Waals surface area (Å²) in [6.07, 6.45) is 13.3. The lowest BCUT2D eigenvalue weighted by Crippen LogP contribution is -2.05. The maximum atomic E-state index is 2.57. The first-order valence-corrected chi connectivity index (χ1v) is 11.2. The molecule has 29 heavy (non-hydrogen) atoms. The Morgan fingerprint density at radius 2 is 1.69 bits per heavy atom. The second-order valence-corrected chi connectivity index (χ2v) is 9.10. The molecule has 0 unspecified atom stereocenters. The zero-order valence-corrected chi connectivity index (χ0v) is 17.0. The zero-order valence-electron chi connectivity index (χ0n) is 17.0. The molecule has 1 aromatic heterocycles. The van der Waals surface area contributed by atoms with Crippen molar-refractivity contribution < 1.29 is 0 Å². The van der Waals surface area contributed by atoms with Gasteiger partial charge in [-0.2, -0.15) is 0 Å². The van der Waals surface area contributed by atoms with Gasteiger partial charge in [-0.05, 0) is 94.7 Å². The molecule has 1 heteroatoms. The SMILES string of the molecule is Cn1c2c(c3c4c5c(ccc4c4c(c31)CCC=C4)-c1ccccc1C5)CCCC2. The summed E-state index contributed by atoms with van der Waals surface area (Å²) < 4.78 is 2.57. The molecule has 3 aliphatic rings. The first-order valence-electron chi connectivity index (χ1n) is 11.2. The average Bonchev–Trinajstić information content (AvgIpc) is 3.30. The Morgan fingerprint density at radius 3 is 2.66 bits per heavy atom. The van der Waals surface area contributed by atoms with Crippen LogP contribution in [0.1, 0.15) is 52.8 Å². The van der Waals surface area contributed by atoms with Gasteiger partial charge in [0.2, 0.25) is 0 Å². The van der Waals surface area contributed by atoms with Crippen LogP contribution < -0.4 is 0 Å². The monoisotopic (exact) mass is 375 g/mol. The smallest absolute Gasteiger partial charge is 0.0528 e. The summed E-state index contributed by atoms with van der Waals surface area (Å²) in [5.74, 6) is 0. The van der Waals surface area contributed by atoms with E-state index in [4.69, 9.17) is 0 Å². The van der Waals surface area contributed by atoms with Gasteiger partial charge in [0.15, 0.2) is 0 Å². The first-order chi connectivity index (χ1) is 14.3. The van der Waals surface area contributed by atoms with E-state index in [1.54, 1.807) is 33.2 Å². The maximum Gasteiger partial charge on any atom is 0.0528 e. The lowest BCUT2D eigenvalue weighted by Gasteiger charge is -2.19. The average molecular weight is 376 g/mol. The van der Waals surface area contributed by atoms with Crippen molar-refractivity contribution in [1.82, 2.24) is 4.57 Å². The number of allylic oxidation sites excluding steroid dienone is 1. The third-order valence-corrected chi connectivity index (χ3v) is 7.70. The minimum Gasteiger partial charge on any atom is -0.347 e. The van der Waals surface area contributed by atoms with E-state index in [0.29, 0.717) is 0 Å². The summed E-state index contributed by atoms with van der Waals surface area (Å²) >= 11 is 0. The van der Waals surface area contributed by atoms with Crippen LogP contribution in [0, 0.1) is 0 Å². The number of hydrogen-bond acceptors (Lipinski definition) is 0. The summed E-state index contributed by atoms with van der Waals surface area (Å²) in [7, 11) is 2.33. The van der Waals surface area contributed by atoms with Crippen molar-refractivity contribution in [2.45, 2.75) is 44.9 Å². The Kier molecular flexibility index (Phi) is 3.12.